The quantitative estimate of drug-likeness (QED) is 0.813. The van der Waals surface area contributed by atoms with Crippen LogP contribution in [0.15, 0.2) is 17.0 Å². The lowest BCUT2D eigenvalue weighted by atomic mass is 10.1. The van der Waals surface area contributed by atoms with Gasteiger partial charge in [0, 0.05) is 6.21 Å². The highest BCUT2D eigenvalue weighted by Gasteiger charge is 2.38. The Balaban J connectivity index is 1.85. The number of rotatable bonds is 2. The van der Waals surface area contributed by atoms with Gasteiger partial charge in [-0.3, -0.25) is 0 Å². The Morgan fingerprint density at radius 3 is 2.53 bits per heavy atom. The molecule has 1 fully saturated rings. The molecule has 0 saturated carbocycles. The second-order valence-electron chi connectivity index (χ2n) is 4.27. The summed E-state index contributed by atoms with van der Waals surface area (Å²) in [5.74, 6) is -1.14. The van der Waals surface area contributed by atoms with Crippen molar-refractivity contribution >= 4 is 6.21 Å². The Hall–Kier alpha value is -1.04. The number of hydrogen-bond acceptors (Lipinski definition) is 3. The topological polar surface area (TPSA) is 33.6 Å². The molecule has 6 heteroatoms. The van der Waals surface area contributed by atoms with Crippen molar-refractivity contribution in [2.45, 2.75) is 31.5 Å². The van der Waals surface area contributed by atoms with Gasteiger partial charge in [-0.25, -0.2) is 4.99 Å². The molecule has 0 bridgehead atoms. The van der Waals surface area contributed by atoms with Crippen LogP contribution >= 0.6 is 0 Å². The van der Waals surface area contributed by atoms with E-state index < -0.39 is 12.1 Å². The average Bonchev–Trinajstić information content (AvgIpc) is 2.30. The van der Waals surface area contributed by atoms with Crippen LogP contribution in [0.5, 0.6) is 0 Å². The number of hydrogen-bond donors (Lipinski definition) is 1. The largest absolute Gasteiger partial charge is 0.474 e. The number of halogens is 3. The van der Waals surface area contributed by atoms with Crippen molar-refractivity contribution in [3.8, 4) is 0 Å². The molecule has 17 heavy (non-hydrogen) atoms. The van der Waals surface area contributed by atoms with Crippen LogP contribution in [0, 0.1) is 5.92 Å². The first-order valence-corrected chi connectivity index (χ1v) is 5.74. The van der Waals surface area contributed by atoms with Gasteiger partial charge in [-0.05, 0) is 38.4 Å². The van der Waals surface area contributed by atoms with Crippen LogP contribution in [0.25, 0.3) is 0 Å². The number of piperidine rings is 1. The fourth-order valence-corrected chi connectivity index (χ4v) is 1.89. The summed E-state index contributed by atoms with van der Waals surface area (Å²) in [6, 6.07) is 0. The van der Waals surface area contributed by atoms with Crippen LogP contribution in [-0.2, 0) is 4.74 Å². The van der Waals surface area contributed by atoms with Crippen LogP contribution in [0.4, 0.5) is 13.2 Å². The summed E-state index contributed by atoms with van der Waals surface area (Å²) in [5, 5.41) is 3.19. The molecule has 2 aliphatic rings. The molecule has 96 valence electrons. The second kappa shape index (κ2) is 5.08. The zero-order valence-electron chi connectivity index (χ0n) is 9.33. The van der Waals surface area contributed by atoms with Crippen molar-refractivity contribution in [3.63, 3.8) is 0 Å². The van der Waals surface area contributed by atoms with E-state index in [0.29, 0.717) is 5.88 Å². The number of alkyl halides is 3. The van der Waals surface area contributed by atoms with Crippen molar-refractivity contribution in [1.29, 1.82) is 0 Å². The number of allylic oxidation sites excluding steroid dienone is 1. The van der Waals surface area contributed by atoms with Gasteiger partial charge >= 0.3 is 6.18 Å². The minimum Gasteiger partial charge on any atom is -0.474 e. The Morgan fingerprint density at radius 1 is 1.29 bits per heavy atom. The molecule has 1 saturated heterocycles. The highest BCUT2D eigenvalue weighted by molar-refractivity contribution is 5.64. The number of ether oxygens (including phenoxy) is 1. The van der Waals surface area contributed by atoms with Gasteiger partial charge in [0.15, 0.2) is 0 Å². The van der Waals surface area contributed by atoms with E-state index in [1.54, 1.807) is 0 Å². The maximum Gasteiger partial charge on any atom is 0.396 e. The standard InChI is InChI=1S/C11H15F3N2O/c12-11(13,14)8-1-2-10(16-7-8)17-9-3-5-15-6-4-9/h2,7-9,15H,1,3-6H2. The van der Waals surface area contributed by atoms with Crippen LogP contribution in [0.2, 0.25) is 0 Å². The summed E-state index contributed by atoms with van der Waals surface area (Å²) in [5.41, 5.74) is 0. The van der Waals surface area contributed by atoms with E-state index in [4.69, 9.17) is 4.74 Å². The Morgan fingerprint density at radius 2 is 2.00 bits per heavy atom. The summed E-state index contributed by atoms with van der Waals surface area (Å²) in [6.45, 7) is 1.76. The number of nitrogens with one attached hydrogen (secondary N) is 1. The van der Waals surface area contributed by atoms with Crippen molar-refractivity contribution in [2.75, 3.05) is 13.1 Å². The Bertz CT molecular complexity index is 319. The third-order valence-electron chi connectivity index (χ3n) is 2.92. The van der Waals surface area contributed by atoms with Crippen LogP contribution in [0.3, 0.4) is 0 Å². The van der Waals surface area contributed by atoms with Gasteiger partial charge in [-0.1, -0.05) is 0 Å². The third-order valence-corrected chi connectivity index (χ3v) is 2.92. The predicted molar refractivity (Wildman–Crippen MR) is 57.7 cm³/mol. The zero-order valence-corrected chi connectivity index (χ0v) is 9.33. The molecule has 0 amide bonds. The summed E-state index contributed by atoms with van der Waals surface area (Å²) in [4.78, 5) is 3.74. The number of nitrogens with zero attached hydrogens (tertiary/aromatic N) is 1. The first-order chi connectivity index (χ1) is 8.05. The van der Waals surface area contributed by atoms with E-state index in [1.165, 1.54) is 6.08 Å². The normalized spacial score (nSPS) is 26.8. The van der Waals surface area contributed by atoms with Crippen molar-refractivity contribution in [1.82, 2.24) is 5.32 Å². The average molecular weight is 248 g/mol. The maximum absolute atomic E-state index is 12.4. The summed E-state index contributed by atoms with van der Waals surface area (Å²) < 4.78 is 42.6. The summed E-state index contributed by atoms with van der Waals surface area (Å²) in [6.07, 6.45) is -0.0999. The summed E-state index contributed by atoms with van der Waals surface area (Å²) >= 11 is 0. The maximum atomic E-state index is 12.4. The molecule has 3 nitrogen and oxygen atoms in total. The molecule has 1 atom stereocenters. The fraction of sp³-hybridized carbons (Fsp3) is 0.727. The lowest BCUT2D eigenvalue weighted by molar-refractivity contribution is -0.153. The molecule has 0 aromatic heterocycles. The molecule has 1 N–H and O–H groups in total. The Labute approximate surface area is 97.7 Å². The van der Waals surface area contributed by atoms with Gasteiger partial charge < -0.3 is 10.1 Å². The van der Waals surface area contributed by atoms with Crippen molar-refractivity contribution in [3.05, 3.63) is 12.0 Å². The molecular weight excluding hydrogens is 233 g/mol. The SMILES string of the molecule is FC(F)(F)C1C=NC(OC2CCNCC2)=CC1. The van der Waals surface area contributed by atoms with Gasteiger partial charge in [0.1, 0.15) is 6.10 Å². The van der Waals surface area contributed by atoms with E-state index in [2.05, 4.69) is 10.3 Å². The minimum atomic E-state index is -4.21. The van der Waals surface area contributed by atoms with Crippen LogP contribution in [0.1, 0.15) is 19.3 Å². The lowest BCUT2D eigenvalue weighted by Gasteiger charge is -2.25. The van der Waals surface area contributed by atoms with Crippen molar-refractivity contribution in [2.24, 2.45) is 10.9 Å². The van der Waals surface area contributed by atoms with Crippen LogP contribution < -0.4 is 5.32 Å². The molecule has 0 aromatic carbocycles. The second-order valence-corrected chi connectivity index (χ2v) is 4.27. The predicted octanol–water partition coefficient (Wildman–Crippen LogP) is 2.25. The molecular formula is C11H15F3N2O. The first-order valence-electron chi connectivity index (χ1n) is 5.74. The highest BCUT2D eigenvalue weighted by atomic mass is 19.4. The van der Waals surface area contributed by atoms with Gasteiger partial charge in [0.2, 0.25) is 5.88 Å². The monoisotopic (exact) mass is 248 g/mol. The van der Waals surface area contributed by atoms with E-state index in [9.17, 15) is 13.2 Å². The van der Waals surface area contributed by atoms with Gasteiger partial charge in [-0.2, -0.15) is 13.2 Å². The van der Waals surface area contributed by atoms with Crippen molar-refractivity contribution < 1.29 is 17.9 Å². The van der Waals surface area contributed by atoms with Gasteiger partial charge in [-0.15, -0.1) is 0 Å². The van der Waals surface area contributed by atoms with E-state index in [1.807, 2.05) is 0 Å². The molecule has 0 radical (unpaired) electrons. The molecule has 2 rings (SSSR count). The number of aliphatic imine (C=N–C) groups is 1. The van der Waals surface area contributed by atoms with E-state index in [0.717, 1.165) is 32.1 Å². The molecule has 0 aromatic rings. The van der Waals surface area contributed by atoms with Crippen LogP contribution in [-0.4, -0.2) is 31.6 Å². The molecule has 2 aliphatic heterocycles. The summed E-state index contributed by atoms with van der Waals surface area (Å²) in [7, 11) is 0. The van der Waals surface area contributed by atoms with Gasteiger partial charge in [0.25, 0.3) is 0 Å². The zero-order chi connectivity index (χ0) is 12.3. The smallest absolute Gasteiger partial charge is 0.396 e. The first kappa shape index (κ1) is 12.4. The minimum absolute atomic E-state index is 0.0714. The molecule has 1 unspecified atom stereocenters. The van der Waals surface area contributed by atoms with Gasteiger partial charge in [0.05, 0.1) is 5.92 Å². The molecule has 0 spiro atoms. The highest BCUT2D eigenvalue weighted by Crippen LogP contribution is 2.31. The molecule has 0 aliphatic carbocycles. The fourth-order valence-electron chi connectivity index (χ4n) is 1.89. The van der Waals surface area contributed by atoms with E-state index >= 15 is 0 Å². The Kier molecular flexibility index (Phi) is 3.71. The molecule has 2 heterocycles. The third kappa shape index (κ3) is 3.46. The van der Waals surface area contributed by atoms with E-state index in [-0.39, 0.29) is 12.5 Å². The lowest BCUT2D eigenvalue weighted by Crippen LogP contribution is -2.32.